The Hall–Kier alpha value is -1.31. The van der Waals surface area contributed by atoms with E-state index in [-0.39, 0.29) is 5.97 Å². The van der Waals surface area contributed by atoms with Crippen LogP contribution in [0.25, 0.3) is 0 Å². The molecule has 1 aromatic rings. The first-order valence-electron chi connectivity index (χ1n) is 5.24. The van der Waals surface area contributed by atoms with Gasteiger partial charge in [0.1, 0.15) is 0 Å². The van der Waals surface area contributed by atoms with Crippen LogP contribution in [0.15, 0.2) is 24.3 Å². The molecule has 0 aromatic heterocycles. The van der Waals surface area contributed by atoms with E-state index in [4.69, 9.17) is 0 Å². The third-order valence-corrected chi connectivity index (χ3v) is 2.34. The van der Waals surface area contributed by atoms with Crippen LogP contribution in [-0.2, 0) is 11.2 Å². The summed E-state index contributed by atoms with van der Waals surface area (Å²) >= 11 is 0. The molecule has 0 unspecified atom stereocenters. The van der Waals surface area contributed by atoms with E-state index < -0.39 is 0 Å². The lowest BCUT2D eigenvalue weighted by molar-refractivity contribution is 0.0600. The number of unbranched alkanes of at least 4 members (excludes halogenated alkanes) is 2. The van der Waals surface area contributed by atoms with Gasteiger partial charge in [-0.15, -0.1) is 0 Å². The van der Waals surface area contributed by atoms with Gasteiger partial charge in [0, 0.05) is 0 Å². The fourth-order valence-corrected chi connectivity index (χ4v) is 1.43. The highest BCUT2D eigenvalue weighted by molar-refractivity contribution is 5.89. The van der Waals surface area contributed by atoms with E-state index >= 15 is 0 Å². The van der Waals surface area contributed by atoms with Crippen molar-refractivity contribution >= 4 is 5.97 Å². The van der Waals surface area contributed by atoms with Gasteiger partial charge in [-0.25, -0.2) is 4.79 Å². The van der Waals surface area contributed by atoms with Crippen molar-refractivity contribution in [3.8, 4) is 0 Å². The third-order valence-electron chi connectivity index (χ3n) is 2.34. The van der Waals surface area contributed by atoms with Gasteiger partial charge in [0.25, 0.3) is 0 Å². The summed E-state index contributed by atoms with van der Waals surface area (Å²) in [4.78, 5) is 11.2. The average molecular weight is 205 g/mol. The summed E-state index contributed by atoms with van der Waals surface area (Å²) in [5, 5.41) is 0. The predicted molar refractivity (Wildman–Crippen MR) is 60.7 cm³/mol. The lowest BCUT2D eigenvalue weighted by Gasteiger charge is -2.02. The van der Waals surface area contributed by atoms with Gasteiger partial charge in [-0.3, -0.25) is 0 Å². The van der Waals surface area contributed by atoms with Crippen molar-refractivity contribution < 1.29 is 9.53 Å². The molecule has 0 fully saturated rings. The van der Waals surface area contributed by atoms with Crippen molar-refractivity contribution in [1.29, 1.82) is 0 Å². The van der Waals surface area contributed by atoms with Crippen LogP contribution in [0.1, 0.15) is 35.2 Å². The zero-order valence-electron chi connectivity index (χ0n) is 9.16. The number of aryl methyl sites for hydroxylation is 1. The van der Waals surface area contributed by atoms with Crippen molar-refractivity contribution in [3.05, 3.63) is 42.3 Å². The van der Waals surface area contributed by atoms with E-state index in [1.165, 1.54) is 12.7 Å². The topological polar surface area (TPSA) is 26.3 Å². The summed E-state index contributed by atoms with van der Waals surface area (Å²) in [6, 6.07) is 7.58. The Kier molecular flexibility index (Phi) is 4.88. The van der Waals surface area contributed by atoms with Crippen LogP contribution in [-0.4, -0.2) is 13.1 Å². The maximum atomic E-state index is 11.2. The van der Waals surface area contributed by atoms with Crippen molar-refractivity contribution in [2.75, 3.05) is 7.11 Å². The monoisotopic (exact) mass is 205 g/mol. The second-order valence-electron chi connectivity index (χ2n) is 3.50. The number of methoxy groups -OCH3 is 1. The number of ether oxygens (including phenoxy) is 1. The van der Waals surface area contributed by atoms with E-state index in [0.717, 1.165) is 25.7 Å². The number of rotatable bonds is 5. The first-order valence-corrected chi connectivity index (χ1v) is 5.24. The summed E-state index contributed by atoms with van der Waals surface area (Å²) in [5.41, 5.74) is 1.87. The van der Waals surface area contributed by atoms with Gasteiger partial charge >= 0.3 is 5.97 Å². The Bertz CT molecular complexity index is 301. The van der Waals surface area contributed by atoms with E-state index in [9.17, 15) is 4.79 Å². The summed E-state index contributed by atoms with van der Waals surface area (Å²) in [6.07, 6.45) is 4.34. The summed E-state index contributed by atoms with van der Waals surface area (Å²) in [6.45, 7) is 3.80. The molecule has 0 atom stereocenters. The Morgan fingerprint density at radius 2 is 1.93 bits per heavy atom. The molecular weight excluding hydrogens is 188 g/mol. The lowest BCUT2D eigenvalue weighted by atomic mass is 10.1. The number of carbonyl (C=O) groups excluding carboxylic acids is 1. The molecule has 0 amide bonds. The molecule has 0 saturated heterocycles. The second-order valence-corrected chi connectivity index (χ2v) is 3.50. The Morgan fingerprint density at radius 3 is 2.47 bits per heavy atom. The quantitative estimate of drug-likeness (QED) is 0.545. The number of benzene rings is 1. The average Bonchev–Trinajstić information content (AvgIpc) is 2.29. The van der Waals surface area contributed by atoms with Gasteiger partial charge in [0.2, 0.25) is 0 Å². The van der Waals surface area contributed by atoms with Crippen LogP contribution >= 0.6 is 0 Å². The number of hydrogen-bond donors (Lipinski definition) is 0. The minimum atomic E-state index is -0.278. The molecule has 0 spiro atoms. The first kappa shape index (κ1) is 11.8. The molecule has 0 aliphatic heterocycles. The lowest BCUT2D eigenvalue weighted by Crippen LogP contribution is -2.00. The highest BCUT2D eigenvalue weighted by atomic mass is 16.5. The fraction of sp³-hybridized carbons (Fsp3) is 0.385. The Labute approximate surface area is 91.3 Å². The SMILES string of the molecule is [CH2]CCCCc1ccc(C(=O)OC)cc1. The smallest absolute Gasteiger partial charge is 0.337 e. The number of esters is 1. The molecule has 2 nitrogen and oxygen atoms in total. The van der Waals surface area contributed by atoms with Gasteiger partial charge in [-0.2, -0.15) is 0 Å². The molecule has 0 aliphatic carbocycles. The van der Waals surface area contributed by atoms with Gasteiger partial charge in [-0.05, 0) is 30.5 Å². The maximum Gasteiger partial charge on any atom is 0.337 e. The van der Waals surface area contributed by atoms with E-state index in [1.54, 1.807) is 0 Å². The van der Waals surface area contributed by atoms with Gasteiger partial charge in [-0.1, -0.05) is 31.9 Å². The highest BCUT2D eigenvalue weighted by Gasteiger charge is 2.03. The van der Waals surface area contributed by atoms with E-state index in [2.05, 4.69) is 11.7 Å². The fourth-order valence-electron chi connectivity index (χ4n) is 1.43. The maximum absolute atomic E-state index is 11.2. The number of carbonyl (C=O) groups is 1. The highest BCUT2D eigenvalue weighted by Crippen LogP contribution is 2.09. The van der Waals surface area contributed by atoms with Gasteiger partial charge in [0.05, 0.1) is 12.7 Å². The molecule has 0 saturated carbocycles. The first-order chi connectivity index (χ1) is 7.27. The molecule has 1 radical (unpaired) electrons. The summed E-state index contributed by atoms with van der Waals surface area (Å²) in [7, 11) is 1.39. The largest absolute Gasteiger partial charge is 0.465 e. The van der Waals surface area contributed by atoms with Crippen molar-refractivity contribution in [2.24, 2.45) is 0 Å². The van der Waals surface area contributed by atoms with Crippen LogP contribution < -0.4 is 0 Å². The molecule has 15 heavy (non-hydrogen) atoms. The molecule has 2 heteroatoms. The Balaban J connectivity index is 2.52. The zero-order chi connectivity index (χ0) is 11.1. The second kappa shape index (κ2) is 6.23. The molecule has 1 aromatic carbocycles. The summed E-state index contributed by atoms with van der Waals surface area (Å²) < 4.78 is 4.63. The Morgan fingerprint density at radius 1 is 1.27 bits per heavy atom. The van der Waals surface area contributed by atoms with Gasteiger partial charge in [0.15, 0.2) is 0 Å². The van der Waals surface area contributed by atoms with Crippen LogP contribution in [0.3, 0.4) is 0 Å². The predicted octanol–water partition coefficient (Wildman–Crippen LogP) is 3.02. The number of hydrogen-bond acceptors (Lipinski definition) is 2. The summed E-state index contributed by atoms with van der Waals surface area (Å²) in [5.74, 6) is -0.278. The third kappa shape index (κ3) is 3.74. The van der Waals surface area contributed by atoms with E-state index in [0.29, 0.717) is 5.56 Å². The van der Waals surface area contributed by atoms with Crippen LogP contribution in [0, 0.1) is 6.92 Å². The molecule has 0 aliphatic rings. The molecule has 0 N–H and O–H groups in total. The van der Waals surface area contributed by atoms with Crippen LogP contribution in [0.2, 0.25) is 0 Å². The minimum Gasteiger partial charge on any atom is -0.465 e. The van der Waals surface area contributed by atoms with Gasteiger partial charge < -0.3 is 4.74 Å². The van der Waals surface area contributed by atoms with Crippen LogP contribution in [0.5, 0.6) is 0 Å². The molecule has 0 bridgehead atoms. The normalized spacial score (nSPS) is 10.0. The van der Waals surface area contributed by atoms with Crippen LogP contribution in [0.4, 0.5) is 0 Å². The van der Waals surface area contributed by atoms with Crippen molar-refractivity contribution in [3.63, 3.8) is 0 Å². The molecular formula is C13H17O2. The van der Waals surface area contributed by atoms with Crippen molar-refractivity contribution in [1.82, 2.24) is 0 Å². The standard InChI is InChI=1S/C13H17O2/c1-3-4-5-6-11-7-9-12(10-8-11)13(14)15-2/h7-10H,1,3-6H2,2H3. The minimum absolute atomic E-state index is 0.278. The van der Waals surface area contributed by atoms with E-state index in [1.807, 2.05) is 24.3 Å². The van der Waals surface area contributed by atoms with Crippen molar-refractivity contribution in [2.45, 2.75) is 25.7 Å². The molecule has 81 valence electrons. The molecule has 0 heterocycles. The molecule has 1 rings (SSSR count). The zero-order valence-corrected chi connectivity index (χ0v) is 9.16.